The molecule has 0 aromatic heterocycles. The number of carbonyl (C=O) groups is 1. The third kappa shape index (κ3) is 4.81. The first-order valence-corrected chi connectivity index (χ1v) is 6.66. The Morgan fingerprint density at radius 1 is 1.50 bits per heavy atom. The van der Waals surface area contributed by atoms with E-state index in [9.17, 15) is 14.3 Å². The lowest BCUT2D eigenvalue weighted by molar-refractivity contribution is -0.124. The molecule has 0 fully saturated rings. The van der Waals surface area contributed by atoms with Gasteiger partial charge in [-0.2, -0.15) is 0 Å². The van der Waals surface area contributed by atoms with E-state index >= 15 is 0 Å². The maximum Gasteiger partial charge on any atom is 0.258 e. The molecule has 4 nitrogen and oxygen atoms in total. The Labute approximate surface area is 119 Å². The second-order valence-corrected chi connectivity index (χ2v) is 5.43. The van der Waals surface area contributed by atoms with Crippen LogP contribution in [0.4, 0.5) is 4.39 Å². The number of aliphatic hydroxyl groups is 1. The molecule has 0 radical (unpaired) electrons. The number of ether oxygens (including phenoxy) is 1. The normalized spacial score (nSPS) is 12.9. The smallest absolute Gasteiger partial charge is 0.258 e. The van der Waals surface area contributed by atoms with Gasteiger partial charge in [-0.15, -0.1) is 0 Å². The predicted molar refractivity (Wildman–Crippen MR) is 75.0 cm³/mol. The van der Waals surface area contributed by atoms with Crippen LogP contribution in [-0.4, -0.2) is 23.2 Å². The molecule has 0 aliphatic carbocycles. The van der Waals surface area contributed by atoms with Crippen LogP contribution in [0.2, 0.25) is 0 Å². The lowest BCUT2D eigenvalue weighted by Crippen LogP contribution is -2.44. The van der Waals surface area contributed by atoms with Gasteiger partial charge >= 0.3 is 0 Å². The summed E-state index contributed by atoms with van der Waals surface area (Å²) in [4.78, 5) is 11.7. The summed E-state index contributed by atoms with van der Waals surface area (Å²) in [5, 5.41) is 12.1. The van der Waals surface area contributed by atoms with Crippen LogP contribution in [0.25, 0.3) is 0 Å². The monoisotopic (exact) mass is 283 g/mol. The Bertz CT molecular complexity index is 472. The van der Waals surface area contributed by atoms with E-state index in [0.717, 1.165) is 6.42 Å². The molecule has 0 aliphatic heterocycles. The molecule has 1 unspecified atom stereocenters. The fourth-order valence-electron chi connectivity index (χ4n) is 1.59. The topological polar surface area (TPSA) is 58.6 Å². The number of nitrogens with one attached hydrogen (secondary N) is 1. The molecule has 20 heavy (non-hydrogen) atoms. The van der Waals surface area contributed by atoms with Crippen molar-refractivity contribution in [2.45, 2.75) is 45.8 Å². The van der Waals surface area contributed by atoms with Gasteiger partial charge in [-0.25, -0.2) is 4.39 Å². The van der Waals surface area contributed by atoms with Crippen molar-refractivity contribution in [3.63, 3.8) is 0 Å². The molecule has 1 aromatic carbocycles. The van der Waals surface area contributed by atoms with Crippen molar-refractivity contribution < 1.29 is 19.0 Å². The number of benzene rings is 1. The SMILES string of the molecule is CCC(C)(C)NC(=O)COc1ccc(C(C)O)c(F)c1. The molecule has 0 saturated heterocycles. The van der Waals surface area contributed by atoms with Crippen LogP contribution in [0.5, 0.6) is 5.75 Å². The van der Waals surface area contributed by atoms with Crippen LogP contribution < -0.4 is 10.1 Å². The molecular formula is C15H22FNO3. The maximum atomic E-state index is 13.6. The summed E-state index contributed by atoms with van der Waals surface area (Å²) in [5.41, 5.74) is -0.0871. The number of halogens is 1. The number of carbonyl (C=O) groups excluding carboxylic acids is 1. The van der Waals surface area contributed by atoms with Crippen LogP contribution in [-0.2, 0) is 4.79 Å². The summed E-state index contributed by atoms with van der Waals surface area (Å²) < 4.78 is 18.9. The van der Waals surface area contributed by atoms with Crippen molar-refractivity contribution >= 4 is 5.91 Å². The van der Waals surface area contributed by atoms with Crippen LogP contribution in [0, 0.1) is 5.82 Å². The van der Waals surface area contributed by atoms with E-state index in [4.69, 9.17) is 4.74 Å². The highest BCUT2D eigenvalue weighted by molar-refractivity contribution is 5.78. The highest BCUT2D eigenvalue weighted by Gasteiger charge is 2.18. The quantitative estimate of drug-likeness (QED) is 0.843. The van der Waals surface area contributed by atoms with E-state index in [-0.39, 0.29) is 29.4 Å². The molecular weight excluding hydrogens is 261 g/mol. The first-order valence-electron chi connectivity index (χ1n) is 6.66. The minimum atomic E-state index is -0.877. The second-order valence-electron chi connectivity index (χ2n) is 5.43. The van der Waals surface area contributed by atoms with Crippen molar-refractivity contribution in [1.29, 1.82) is 0 Å². The zero-order valence-corrected chi connectivity index (χ0v) is 12.4. The van der Waals surface area contributed by atoms with E-state index in [1.54, 1.807) is 0 Å². The zero-order chi connectivity index (χ0) is 15.3. The third-order valence-electron chi connectivity index (χ3n) is 3.15. The Balaban J connectivity index is 2.58. The second kappa shape index (κ2) is 6.70. The standard InChI is InChI=1S/C15H22FNO3/c1-5-15(3,4)17-14(19)9-20-11-6-7-12(10(2)18)13(16)8-11/h6-8,10,18H,5,9H2,1-4H3,(H,17,19). The van der Waals surface area contributed by atoms with Gasteiger partial charge in [0.25, 0.3) is 5.91 Å². The molecule has 0 heterocycles. The average molecular weight is 283 g/mol. The van der Waals surface area contributed by atoms with E-state index in [1.165, 1.54) is 25.1 Å². The van der Waals surface area contributed by atoms with Gasteiger partial charge < -0.3 is 15.2 Å². The molecule has 0 saturated carbocycles. The summed E-state index contributed by atoms with van der Waals surface area (Å²) in [6.45, 7) is 7.13. The van der Waals surface area contributed by atoms with Gasteiger partial charge in [0, 0.05) is 17.2 Å². The van der Waals surface area contributed by atoms with Crippen molar-refractivity contribution in [1.82, 2.24) is 5.32 Å². The first-order chi connectivity index (χ1) is 9.25. The van der Waals surface area contributed by atoms with Gasteiger partial charge in [0.05, 0.1) is 6.10 Å². The van der Waals surface area contributed by atoms with E-state index in [2.05, 4.69) is 5.32 Å². The summed E-state index contributed by atoms with van der Waals surface area (Å²) in [5.74, 6) is -0.542. The summed E-state index contributed by atoms with van der Waals surface area (Å²) in [6.07, 6.45) is -0.0751. The molecule has 0 aliphatic rings. The Kier molecular flexibility index (Phi) is 5.51. The van der Waals surface area contributed by atoms with Gasteiger partial charge in [0.2, 0.25) is 0 Å². The van der Waals surface area contributed by atoms with Crippen LogP contribution in [0.15, 0.2) is 18.2 Å². The molecule has 5 heteroatoms. The van der Waals surface area contributed by atoms with E-state index in [1.807, 2.05) is 20.8 Å². The Morgan fingerprint density at radius 2 is 2.15 bits per heavy atom. The van der Waals surface area contributed by atoms with Crippen LogP contribution in [0.3, 0.4) is 0 Å². The molecule has 1 aromatic rings. The summed E-state index contributed by atoms with van der Waals surface area (Å²) in [6, 6.07) is 4.15. The third-order valence-corrected chi connectivity index (χ3v) is 3.15. The molecule has 1 amide bonds. The minimum absolute atomic E-state index is 0.170. The van der Waals surface area contributed by atoms with Gasteiger partial charge in [0.15, 0.2) is 6.61 Å². The van der Waals surface area contributed by atoms with Crippen molar-refractivity contribution in [2.75, 3.05) is 6.61 Å². The largest absolute Gasteiger partial charge is 0.484 e. The molecule has 0 spiro atoms. The molecule has 2 N–H and O–H groups in total. The lowest BCUT2D eigenvalue weighted by Gasteiger charge is -2.24. The number of hydrogen-bond acceptors (Lipinski definition) is 3. The number of rotatable bonds is 6. The minimum Gasteiger partial charge on any atom is -0.484 e. The Hall–Kier alpha value is -1.62. The zero-order valence-electron chi connectivity index (χ0n) is 12.4. The molecule has 1 atom stereocenters. The highest BCUT2D eigenvalue weighted by atomic mass is 19.1. The van der Waals surface area contributed by atoms with Crippen molar-refractivity contribution in [3.8, 4) is 5.75 Å². The van der Waals surface area contributed by atoms with Crippen LogP contribution in [0.1, 0.15) is 45.8 Å². The average Bonchev–Trinajstić information content (AvgIpc) is 2.35. The number of amides is 1. The van der Waals surface area contributed by atoms with E-state index < -0.39 is 11.9 Å². The number of hydrogen-bond donors (Lipinski definition) is 2. The van der Waals surface area contributed by atoms with Crippen LogP contribution >= 0.6 is 0 Å². The van der Waals surface area contributed by atoms with Crippen molar-refractivity contribution in [2.24, 2.45) is 0 Å². The fraction of sp³-hybridized carbons (Fsp3) is 0.533. The number of aliphatic hydroxyl groups excluding tert-OH is 1. The molecule has 0 bridgehead atoms. The van der Waals surface area contributed by atoms with Gasteiger partial charge in [-0.3, -0.25) is 4.79 Å². The fourth-order valence-corrected chi connectivity index (χ4v) is 1.59. The lowest BCUT2D eigenvalue weighted by atomic mass is 10.0. The molecule has 1 rings (SSSR count). The van der Waals surface area contributed by atoms with E-state index in [0.29, 0.717) is 0 Å². The first kappa shape index (κ1) is 16.4. The highest BCUT2D eigenvalue weighted by Crippen LogP contribution is 2.21. The molecule has 112 valence electrons. The maximum absolute atomic E-state index is 13.6. The van der Waals surface area contributed by atoms with Gasteiger partial charge in [0.1, 0.15) is 11.6 Å². The van der Waals surface area contributed by atoms with Crippen molar-refractivity contribution in [3.05, 3.63) is 29.6 Å². The van der Waals surface area contributed by atoms with Gasteiger partial charge in [-0.05, 0) is 39.3 Å². The van der Waals surface area contributed by atoms with Gasteiger partial charge in [-0.1, -0.05) is 6.92 Å². The predicted octanol–water partition coefficient (Wildman–Crippen LogP) is 2.56. The summed E-state index contributed by atoms with van der Waals surface area (Å²) in [7, 11) is 0. The summed E-state index contributed by atoms with van der Waals surface area (Å²) >= 11 is 0. The Morgan fingerprint density at radius 3 is 2.65 bits per heavy atom.